The SMILES string of the molecule is CCCC(C)(C)CNCCNCC. The minimum Gasteiger partial charge on any atom is -0.316 e. The van der Waals surface area contributed by atoms with E-state index in [2.05, 4.69) is 38.3 Å². The molecule has 2 nitrogen and oxygen atoms in total. The van der Waals surface area contributed by atoms with Gasteiger partial charge in [0.25, 0.3) is 0 Å². The summed E-state index contributed by atoms with van der Waals surface area (Å²) in [6.45, 7) is 13.4. The summed E-state index contributed by atoms with van der Waals surface area (Å²) >= 11 is 0. The van der Waals surface area contributed by atoms with E-state index in [1.165, 1.54) is 12.8 Å². The predicted octanol–water partition coefficient (Wildman–Crippen LogP) is 2.01. The molecule has 2 heteroatoms. The van der Waals surface area contributed by atoms with E-state index in [1.54, 1.807) is 0 Å². The average molecular weight is 186 g/mol. The summed E-state index contributed by atoms with van der Waals surface area (Å²) in [5.74, 6) is 0. The van der Waals surface area contributed by atoms with Crippen LogP contribution in [0.25, 0.3) is 0 Å². The maximum atomic E-state index is 3.48. The Hall–Kier alpha value is -0.0800. The van der Waals surface area contributed by atoms with Gasteiger partial charge in [-0.15, -0.1) is 0 Å². The Morgan fingerprint density at radius 2 is 1.62 bits per heavy atom. The van der Waals surface area contributed by atoms with E-state index in [1.807, 2.05) is 0 Å². The quantitative estimate of drug-likeness (QED) is 0.567. The second-order valence-corrected chi connectivity index (χ2v) is 4.44. The first kappa shape index (κ1) is 12.9. The molecule has 0 aliphatic rings. The Bertz CT molecular complexity index is 111. The van der Waals surface area contributed by atoms with E-state index in [9.17, 15) is 0 Å². The molecule has 0 aliphatic carbocycles. The molecule has 0 amide bonds. The molecule has 2 N–H and O–H groups in total. The Labute approximate surface area is 83.5 Å². The maximum absolute atomic E-state index is 3.48. The maximum Gasteiger partial charge on any atom is 0.00769 e. The molecule has 0 rings (SSSR count). The Balaban J connectivity index is 3.29. The molecule has 0 fully saturated rings. The van der Waals surface area contributed by atoms with Gasteiger partial charge in [-0.1, -0.05) is 34.1 Å². The van der Waals surface area contributed by atoms with Gasteiger partial charge in [0.05, 0.1) is 0 Å². The van der Waals surface area contributed by atoms with Crippen LogP contribution in [0.2, 0.25) is 0 Å². The fraction of sp³-hybridized carbons (Fsp3) is 1.00. The van der Waals surface area contributed by atoms with Crippen molar-refractivity contribution in [1.29, 1.82) is 0 Å². The van der Waals surface area contributed by atoms with E-state index in [-0.39, 0.29) is 0 Å². The normalized spacial score (nSPS) is 12.0. The van der Waals surface area contributed by atoms with Gasteiger partial charge >= 0.3 is 0 Å². The highest BCUT2D eigenvalue weighted by Gasteiger charge is 2.14. The molecule has 0 aromatic rings. The van der Waals surface area contributed by atoms with Crippen molar-refractivity contribution in [3.05, 3.63) is 0 Å². The minimum atomic E-state index is 0.459. The summed E-state index contributed by atoms with van der Waals surface area (Å²) in [6.07, 6.45) is 2.59. The van der Waals surface area contributed by atoms with E-state index < -0.39 is 0 Å². The van der Waals surface area contributed by atoms with Gasteiger partial charge in [-0.25, -0.2) is 0 Å². The summed E-state index contributed by atoms with van der Waals surface area (Å²) in [5.41, 5.74) is 0.459. The topological polar surface area (TPSA) is 24.1 Å². The zero-order valence-electron chi connectivity index (χ0n) is 9.74. The molecule has 0 radical (unpaired) electrons. The molecule has 0 bridgehead atoms. The van der Waals surface area contributed by atoms with E-state index >= 15 is 0 Å². The second kappa shape index (κ2) is 7.34. The number of hydrogen-bond donors (Lipinski definition) is 2. The number of likely N-dealkylation sites (N-methyl/N-ethyl adjacent to an activating group) is 1. The zero-order valence-corrected chi connectivity index (χ0v) is 9.74. The molecular weight excluding hydrogens is 160 g/mol. The Kier molecular flexibility index (Phi) is 7.29. The molecule has 13 heavy (non-hydrogen) atoms. The van der Waals surface area contributed by atoms with Crippen LogP contribution in [-0.2, 0) is 0 Å². The predicted molar refractivity (Wildman–Crippen MR) is 60.1 cm³/mol. The van der Waals surface area contributed by atoms with Crippen LogP contribution in [0, 0.1) is 5.41 Å². The molecule has 0 aromatic heterocycles. The lowest BCUT2D eigenvalue weighted by atomic mass is 9.88. The smallest absolute Gasteiger partial charge is 0.00769 e. The van der Waals surface area contributed by atoms with Gasteiger partial charge in [0, 0.05) is 19.6 Å². The van der Waals surface area contributed by atoms with Gasteiger partial charge in [-0.3, -0.25) is 0 Å². The van der Waals surface area contributed by atoms with Crippen molar-refractivity contribution in [2.24, 2.45) is 5.41 Å². The highest BCUT2D eigenvalue weighted by molar-refractivity contribution is 4.70. The lowest BCUT2D eigenvalue weighted by Crippen LogP contribution is -2.34. The molecule has 0 atom stereocenters. The third-order valence-electron chi connectivity index (χ3n) is 2.26. The lowest BCUT2D eigenvalue weighted by molar-refractivity contribution is 0.311. The van der Waals surface area contributed by atoms with Crippen molar-refractivity contribution < 1.29 is 0 Å². The molecule has 80 valence electrons. The highest BCUT2D eigenvalue weighted by Crippen LogP contribution is 2.20. The van der Waals surface area contributed by atoms with Crippen LogP contribution in [0.5, 0.6) is 0 Å². The Morgan fingerprint density at radius 1 is 1.00 bits per heavy atom. The van der Waals surface area contributed by atoms with E-state index in [4.69, 9.17) is 0 Å². The minimum absolute atomic E-state index is 0.459. The van der Waals surface area contributed by atoms with Crippen molar-refractivity contribution in [1.82, 2.24) is 10.6 Å². The van der Waals surface area contributed by atoms with Crippen molar-refractivity contribution in [3.63, 3.8) is 0 Å². The first-order chi connectivity index (χ1) is 6.12. The summed E-state index contributed by atoms with van der Waals surface area (Å²) in [6, 6.07) is 0. The molecular formula is C11H26N2. The number of hydrogen-bond acceptors (Lipinski definition) is 2. The standard InChI is InChI=1S/C11H26N2/c1-5-7-11(3,4)10-13-9-8-12-6-2/h12-13H,5-10H2,1-4H3. The number of rotatable bonds is 8. The molecule has 0 aromatic carbocycles. The van der Waals surface area contributed by atoms with Gasteiger partial charge in [0.1, 0.15) is 0 Å². The fourth-order valence-corrected chi connectivity index (χ4v) is 1.55. The van der Waals surface area contributed by atoms with Gasteiger partial charge in [0.15, 0.2) is 0 Å². The van der Waals surface area contributed by atoms with E-state index in [0.717, 1.165) is 26.2 Å². The van der Waals surface area contributed by atoms with E-state index in [0.29, 0.717) is 5.41 Å². The van der Waals surface area contributed by atoms with Gasteiger partial charge in [-0.2, -0.15) is 0 Å². The van der Waals surface area contributed by atoms with Crippen LogP contribution >= 0.6 is 0 Å². The van der Waals surface area contributed by atoms with Crippen LogP contribution in [0.4, 0.5) is 0 Å². The van der Waals surface area contributed by atoms with Gasteiger partial charge in [0.2, 0.25) is 0 Å². The molecule has 0 aliphatic heterocycles. The molecule has 0 spiro atoms. The monoisotopic (exact) mass is 186 g/mol. The first-order valence-corrected chi connectivity index (χ1v) is 5.54. The largest absolute Gasteiger partial charge is 0.316 e. The Morgan fingerprint density at radius 3 is 2.15 bits per heavy atom. The average Bonchev–Trinajstić information content (AvgIpc) is 2.04. The van der Waals surface area contributed by atoms with Crippen LogP contribution in [0.3, 0.4) is 0 Å². The van der Waals surface area contributed by atoms with Crippen molar-refractivity contribution >= 4 is 0 Å². The summed E-state index contributed by atoms with van der Waals surface area (Å²) in [5, 5.41) is 6.79. The second-order valence-electron chi connectivity index (χ2n) is 4.44. The van der Waals surface area contributed by atoms with Crippen LogP contribution < -0.4 is 10.6 Å². The van der Waals surface area contributed by atoms with Gasteiger partial charge < -0.3 is 10.6 Å². The van der Waals surface area contributed by atoms with Crippen LogP contribution in [-0.4, -0.2) is 26.2 Å². The summed E-state index contributed by atoms with van der Waals surface area (Å²) < 4.78 is 0. The van der Waals surface area contributed by atoms with Crippen molar-refractivity contribution in [2.45, 2.75) is 40.5 Å². The molecule has 0 saturated carbocycles. The van der Waals surface area contributed by atoms with Crippen LogP contribution in [0.15, 0.2) is 0 Å². The molecule has 0 saturated heterocycles. The summed E-state index contributed by atoms with van der Waals surface area (Å²) in [7, 11) is 0. The van der Waals surface area contributed by atoms with Gasteiger partial charge in [-0.05, 0) is 18.4 Å². The van der Waals surface area contributed by atoms with Crippen molar-refractivity contribution in [2.75, 3.05) is 26.2 Å². The molecule has 0 heterocycles. The fourth-order valence-electron chi connectivity index (χ4n) is 1.55. The third kappa shape index (κ3) is 8.26. The lowest BCUT2D eigenvalue weighted by Gasteiger charge is -2.24. The third-order valence-corrected chi connectivity index (χ3v) is 2.26. The number of nitrogens with one attached hydrogen (secondary N) is 2. The first-order valence-electron chi connectivity index (χ1n) is 5.54. The van der Waals surface area contributed by atoms with Crippen LogP contribution in [0.1, 0.15) is 40.5 Å². The molecule has 0 unspecified atom stereocenters. The zero-order chi connectivity index (χ0) is 10.2. The highest BCUT2D eigenvalue weighted by atomic mass is 14.9. The summed E-state index contributed by atoms with van der Waals surface area (Å²) in [4.78, 5) is 0. The van der Waals surface area contributed by atoms with Crippen molar-refractivity contribution in [3.8, 4) is 0 Å².